The van der Waals surface area contributed by atoms with Gasteiger partial charge in [-0.05, 0) is 62.7 Å². The molecule has 0 fully saturated rings. The van der Waals surface area contributed by atoms with Gasteiger partial charge in [0, 0.05) is 34.1 Å². The molecular weight excluding hydrogens is 688 g/mol. The molecule has 0 aromatic heterocycles. The van der Waals surface area contributed by atoms with Crippen LogP contribution in [0, 0.1) is 0 Å². The normalized spacial score (nSPS) is 12.3. The van der Waals surface area contributed by atoms with Crippen molar-refractivity contribution in [1.82, 2.24) is 10.2 Å². The molecule has 0 saturated heterocycles. The molecule has 1 atom stereocenters. The van der Waals surface area contributed by atoms with Crippen molar-refractivity contribution in [3.05, 3.63) is 128 Å². The third kappa shape index (κ3) is 8.75. The number of hydrogen-bond acceptors (Lipinski definition) is 4. The van der Waals surface area contributed by atoms with Gasteiger partial charge in [0.25, 0.3) is 10.0 Å². The highest BCUT2D eigenvalue weighted by Gasteiger charge is 2.36. The zero-order valence-corrected chi connectivity index (χ0v) is 29.2. The van der Waals surface area contributed by atoms with Gasteiger partial charge in [-0.3, -0.25) is 13.9 Å². The fourth-order valence-corrected chi connectivity index (χ4v) is 7.19. The van der Waals surface area contributed by atoms with Gasteiger partial charge in [0.05, 0.1) is 20.6 Å². The van der Waals surface area contributed by atoms with Crippen LogP contribution in [0.3, 0.4) is 0 Å². The van der Waals surface area contributed by atoms with E-state index >= 15 is 0 Å². The summed E-state index contributed by atoms with van der Waals surface area (Å²) in [6, 6.07) is 25.2. The fraction of sp³-hybridized carbons (Fsp3) is 0.235. The summed E-state index contributed by atoms with van der Waals surface area (Å²) in [5.41, 5.74) is 0.547. The summed E-state index contributed by atoms with van der Waals surface area (Å²) in [4.78, 5) is 29.9. The van der Waals surface area contributed by atoms with Crippen molar-refractivity contribution in [2.75, 3.05) is 10.8 Å². The summed E-state index contributed by atoms with van der Waals surface area (Å²) in [5, 5.41) is 3.60. The summed E-state index contributed by atoms with van der Waals surface area (Å²) in [6.07, 6.45) is 0.125. The number of halogens is 4. The molecule has 0 spiro atoms. The molecule has 0 saturated carbocycles. The lowest BCUT2D eigenvalue weighted by Crippen LogP contribution is -2.56. The van der Waals surface area contributed by atoms with Crippen molar-refractivity contribution in [1.29, 1.82) is 0 Å². The Morgan fingerprint density at radius 1 is 0.761 bits per heavy atom. The quantitative estimate of drug-likeness (QED) is 0.170. The van der Waals surface area contributed by atoms with Crippen molar-refractivity contribution in [3.63, 3.8) is 0 Å². The summed E-state index contributed by atoms with van der Waals surface area (Å²) >= 11 is 26.0. The minimum Gasteiger partial charge on any atom is -0.350 e. The number of hydrogen-bond donors (Lipinski definition) is 1. The van der Waals surface area contributed by atoms with Crippen molar-refractivity contribution >= 4 is 73.9 Å². The summed E-state index contributed by atoms with van der Waals surface area (Å²) < 4.78 is 29.2. The van der Waals surface area contributed by atoms with Crippen LogP contribution in [0.25, 0.3) is 0 Å². The predicted octanol–water partition coefficient (Wildman–Crippen LogP) is 8.05. The highest BCUT2D eigenvalue weighted by Crippen LogP contribution is 2.36. The van der Waals surface area contributed by atoms with Crippen LogP contribution in [0.2, 0.25) is 20.1 Å². The Morgan fingerprint density at radius 3 is 1.89 bits per heavy atom. The number of anilines is 1. The fourth-order valence-electron chi connectivity index (χ4n) is 4.78. The second-order valence-corrected chi connectivity index (χ2v) is 15.0. The molecular formula is C34H33Cl4N3O4S. The molecule has 0 radical (unpaired) electrons. The Bertz CT molecular complexity index is 1780. The van der Waals surface area contributed by atoms with Gasteiger partial charge in [0.2, 0.25) is 11.8 Å². The molecule has 12 heteroatoms. The van der Waals surface area contributed by atoms with E-state index in [2.05, 4.69) is 5.32 Å². The van der Waals surface area contributed by atoms with E-state index in [0.717, 1.165) is 9.87 Å². The van der Waals surface area contributed by atoms with Crippen LogP contribution in [0.1, 0.15) is 31.9 Å². The van der Waals surface area contributed by atoms with Crippen molar-refractivity contribution in [3.8, 4) is 0 Å². The Morgan fingerprint density at radius 2 is 1.30 bits per heavy atom. The molecule has 0 aliphatic heterocycles. The maximum atomic E-state index is 14.6. The van der Waals surface area contributed by atoms with Gasteiger partial charge >= 0.3 is 0 Å². The van der Waals surface area contributed by atoms with Crippen LogP contribution in [-0.4, -0.2) is 43.3 Å². The Hall–Kier alpha value is -3.27. The van der Waals surface area contributed by atoms with Gasteiger partial charge in [-0.15, -0.1) is 0 Å². The standard InChI is InChI=1S/C34H33Cl4N3O4S/c1-34(2,3)39-33(43)30(20-23-12-6-4-7-13-23)40(21-25-26(35)16-10-17-27(25)36)31(42)22-41(29-19-11-18-28(37)32(29)38)46(44,45)24-14-8-5-9-15-24/h4-19,30H,20-22H2,1-3H3,(H,39,43)/t30-/m1/s1. The van der Waals surface area contributed by atoms with Gasteiger partial charge in [0.15, 0.2) is 0 Å². The number of nitrogens with zero attached hydrogens (tertiary/aromatic N) is 2. The monoisotopic (exact) mass is 719 g/mol. The molecule has 4 rings (SSSR count). The zero-order chi connectivity index (χ0) is 33.6. The molecule has 0 bridgehead atoms. The lowest BCUT2D eigenvalue weighted by Gasteiger charge is -2.35. The molecule has 0 unspecified atom stereocenters. The lowest BCUT2D eigenvalue weighted by molar-refractivity contribution is -0.140. The van der Waals surface area contributed by atoms with Gasteiger partial charge in [-0.2, -0.15) is 0 Å². The Labute approximate surface area is 290 Å². The lowest BCUT2D eigenvalue weighted by atomic mass is 10.0. The van der Waals surface area contributed by atoms with Crippen LogP contribution in [0.4, 0.5) is 5.69 Å². The van der Waals surface area contributed by atoms with Gasteiger partial charge in [-0.1, -0.05) is 107 Å². The highest BCUT2D eigenvalue weighted by atomic mass is 35.5. The van der Waals surface area contributed by atoms with Gasteiger partial charge in [-0.25, -0.2) is 8.42 Å². The van der Waals surface area contributed by atoms with Crippen molar-refractivity contribution in [2.24, 2.45) is 0 Å². The number of sulfonamides is 1. The number of amides is 2. The molecule has 1 N–H and O–H groups in total. The first-order valence-electron chi connectivity index (χ1n) is 14.3. The van der Waals surface area contributed by atoms with Gasteiger partial charge in [0.1, 0.15) is 12.6 Å². The molecule has 2 amide bonds. The summed E-state index contributed by atoms with van der Waals surface area (Å²) in [5.74, 6) is -1.14. The topological polar surface area (TPSA) is 86.8 Å². The molecule has 242 valence electrons. The minimum atomic E-state index is -4.35. The summed E-state index contributed by atoms with van der Waals surface area (Å²) in [7, 11) is -4.35. The molecule has 4 aromatic rings. The van der Waals surface area contributed by atoms with E-state index in [9.17, 15) is 18.0 Å². The maximum absolute atomic E-state index is 14.6. The number of carbonyl (C=O) groups is 2. The molecule has 0 heterocycles. The van der Waals surface area contributed by atoms with E-state index in [1.165, 1.54) is 35.2 Å². The van der Waals surface area contributed by atoms with E-state index in [1.807, 2.05) is 51.1 Å². The molecule has 46 heavy (non-hydrogen) atoms. The smallest absolute Gasteiger partial charge is 0.264 e. The average molecular weight is 722 g/mol. The largest absolute Gasteiger partial charge is 0.350 e. The first kappa shape index (κ1) is 35.6. The first-order valence-corrected chi connectivity index (χ1v) is 17.2. The molecule has 0 aliphatic carbocycles. The van der Waals surface area contributed by atoms with E-state index in [1.54, 1.807) is 36.4 Å². The summed E-state index contributed by atoms with van der Waals surface area (Å²) in [6.45, 7) is 4.59. The zero-order valence-electron chi connectivity index (χ0n) is 25.4. The van der Waals surface area contributed by atoms with E-state index in [4.69, 9.17) is 46.4 Å². The van der Waals surface area contributed by atoms with Crippen molar-refractivity contribution < 1.29 is 18.0 Å². The molecule has 0 aliphatic rings. The van der Waals surface area contributed by atoms with Crippen LogP contribution in [-0.2, 0) is 32.6 Å². The molecule has 7 nitrogen and oxygen atoms in total. The third-order valence-electron chi connectivity index (χ3n) is 6.97. The van der Waals surface area contributed by atoms with Gasteiger partial charge < -0.3 is 10.2 Å². The molecule has 4 aromatic carbocycles. The van der Waals surface area contributed by atoms with Crippen LogP contribution in [0.5, 0.6) is 0 Å². The number of benzene rings is 4. The number of rotatable bonds is 11. The predicted molar refractivity (Wildman–Crippen MR) is 186 cm³/mol. The minimum absolute atomic E-state index is 0.000785. The van der Waals surface area contributed by atoms with Crippen LogP contribution in [0.15, 0.2) is 102 Å². The second kappa shape index (κ2) is 15.1. The average Bonchev–Trinajstić information content (AvgIpc) is 3.00. The highest BCUT2D eigenvalue weighted by molar-refractivity contribution is 7.92. The van der Waals surface area contributed by atoms with Crippen LogP contribution >= 0.6 is 46.4 Å². The van der Waals surface area contributed by atoms with E-state index in [-0.39, 0.29) is 43.6 Å². The number of carbonyl (C=O) groups excluding carboxylic acids is 2. The van der Waals surface area contributed by atoms with Crippen LogP contribution < -0.4 is 9.62 Å². The number of nitrogens with one attached hydrogen (secondary N) is 1. The first-order chi connectivity index (χ1) is 21.7. The van der Waals surface area contributed by atoms with Crippen molar-refractivity contribution in [2.45, 2.75) is 50.2 Å². The Balaban J connectivity index is 1.88. The van der Waals surface area contributed by atoms with E-state index < -0.39 is 40.0 Å². The SMILES string of the molecule is CC(C)(C)NC(=O)[C@@H](Cc1ccccc1)N(Cc1c(Cl)cccc1Cl)C(=O)CN(c1cccc(Cl)c1Cl)S(=O)(=O)c1ccccc1. The second-order valence-electron chi connectivity index (χ2n) is 11.6. The van der Waals surface area contributed by atoms with E-state index in [0.29, 0.717) is 5.56 Å². The Kier molecular flexibility index (Phi) is 11.7. The third-order valence-corrected chi connectivity index (χ3v) is 10.3. The maximum Gasteiger partial charge on any atom is 0.264 e.